The summed E-state index contributed by atoms with van der Waals surface area (Å²) < 4.78 is 10.9. The maximum atomic E-state index is 12.1. The number of hydrogen-bond acceptors (Lipinski definition) is 4. The predicted octanol–water partition coefficient (Wildman–Crippen LogP) is 3.91. The lowest BCUT2D eigenvalue weighted by Crippen LogP contribution is -2.11. The van der Waals surface area contributed by atoms with Crippen LogP contribution >= 0.6 is 0 Å². The Labute approximate surface area is 127 Å². The largest absolute Gasteiger partial charge is 0.455 e. The number of amides is 1. The van der Waals surface area contributed by atoms with E-state index in [0.717, 1.165) is 0 Å². The first kappa shape index (κ1) is 13.8. The summed E-state index contributed by atoms with van der Waals surface area (Å²) in [4.78, 5) is 12.1. The maximum absolute atomic E-state index is 12.1. The molecule has 0 aliphatic carbocycles. The van der Waals surface area contributed by atoms with Gasteiger partial charge >= 0.3 is 0 Å². The number of furan rings is 1. The van der Waals surface area contributed by atoms with Crippen molar-refractivity contribution >= 4 is 17.5 Å². The molecule has 1 amide bonds. The molecule has 0 saturated carbocycles. The molecule has 0 unspecified atom stereocenters. The van der Waals surface area contributed by atoms with Gasteiger partial charge in [-0.3, -0.25) is 4.79 Å². The van der Waals surface area contributed by atoms with Gasteiger partial charge in [0.2, 0.25) is 0 Å². The van der Waals surface area contributed by atoms with E-state index >= 15 is 0 Å². The number of benzene rings is 2. The number of hydrogen-bond donors (Lipinski definition) is 2. The Morgan fingerprint density at radius 1 is 0.955 bits per heavy atom. The molecule has 0 aliphatic rings. The first-order valence-corrected chi connectivity index (χ1v) is 6.71. The van der Waals surface area contributed by atoms with E-state index in [0.29, 0.717) is 17.2 Å². The number of carbonyl (C=O) groups excluding carboxylic acids is 1. The van der Waals surface area contributed by atoms with Gasteiger partial charge in [-0.2, -0.15) is 0 Å². The molecule has 110 valence electrons. The minimum atomic E-state index is -0.388. The van der Waals surface area contributed by atoms with E-state index in [-0.39, 0.29) is 17.6 Å². The molecule has 0 aliphatic heterocycles. The minimum Gasteiger partial charge on any atom is -0.455 e. The Morgan fingerprint density at radius 3 is 2.41 bits per heavy atom. The molecule has 0 atom stereocenters. The molecule has 0 bridgehead atoms. The summed E-state index contributed by atoms with van der Waals surface area (Å²) in [5.41, 5.74) is 6.02. The van der Waals surface area contributed by atoms with Crippen LogP contribution in [0.4, 0.5) is 11.6 Å². The quantitative estimate of drug-likeness (QED) is 0.764. The lowest BCUT2D eigenvalue weighted by atomic mass is 10.2. The van der Waals surface area contributed by atoms with Crippen molar-refractivity contribution in [1.82, 2.24) is 0 Å². The molecule has 0 saturated heterocycles. The highest BCUT2D eigenvalue weighted by atomic mass is 16.5. The fourth-order valence-electron chi connectivity index (χ4n) is 1.93. The molecule has 3 aromatic rings. The standard InChI is InChI=1S/C17H14N2O3/c18-16-11-10-15(22-16)17(20)19-13-8-4-5-9-14(13)21-12-6-2-1-3-7-12/h1-11H,18H2,(H,19,20). The number of nitrogen functional groups attached to an aromatic ring is 1. The Balaban J connectivity index is 1.81. The van der Waals surface area contributed by atoms with Crippen LogP contribution in [0.1, 0.15) is 10.6 Å². The van der Waals surface area contributed by atoms with Crippen molar-refractivity contribution < 1.29 is 13.9 Å². The third kappa shape index (κ3) is 3.09. The fraction of sp³-hybridized carbons (Fsp3) is 0. The van der Waals surface area contributed by atoms with E-state index in [2.05, 4.69) is 5.32 Å². The van der Waals surface area contributed by atoms with Gasteiger partial charge in [0.25, 0.3) is 5.91 Å². The molecule has 0 fully saturated rings. The number of nitrogens with one attached hydrogen (secondary N) is 1. The zero-order valence-corrected chi connectivity index (χ0v) is 11.7. The van der Waals surface area contributed by atoms with Gasteiger partial charge in [0.15, 0.2) is 17.4 Å². The van der Waals surface area contributed by atoms with Crippen LogP contribution in [0.5, 0.6) is 11.5 Å². The second-order valence-corrected chi connectivity index (χ2v) is 4.57. The Hall–Kier alpha value is -3.21. The first-order chi connectivity index (χ1) is 10.7. The number of ether oxygens (including phenoxy) is 1. The van der Waals surface area contributed by atoms with Gasteiger partial charge in [-0.15, -0.1) is 0 Å². The summed E-state index contributed by atoms with van der Waals surface area (Å²) in [6.07, 6.45) is 0. The predicted molar refractivity (Wildman–Crippen MR) is 84.0 cm³/mol. The summed E-state index contributed by atoms with van der Waals surface area (Å²) in [5.74, 6) is 1.18. The Morgan fingerprint density at radius 2 is 1.68 bits per heavy atom. The summed E-state index contributed by atoms with van der Waals surface area (Å²) in [6, 6.07) is 19.6. The molecule has 0 radical (unpaired) electrons. The van der Waals surface area contributed by atoms with Crippen LogP contribution in [0.3, 0.4) is 0 Å². The van der Waals surface area contributed by atoms with Crippen molar-refractivity contribution in [2.45, 2.75) is 0 Å². The van der Waals surface area contributed by atoms with Gasteiger partial charge in [0.05, 0.1) is 5.69 Å². The summed E-state index contributed by atoms with van der Waals surface area (Å²) >= 11 is 0. The molecule has 5 nitrogen and oxygen atoms in total. The molecule has 2 aromatic carbocycles. The highest BCUT2D eigenvalue weighted by Gasteiger charge is 2.13. The van der Waals surface area contributed by atoms with Crippen LogP contribution in [-0.4, -0.2) is 5.91 Å². The van der Waals surface area contributed by atoms with Gasteiger partial charge in [-0.1, -0.05) is 30.3 Å². The van der Waals surface area contributed by atoms with Crippen LogP contribution in [-0.2, 0) is 0 Å². The average molecular weight is 294 g/mol. The van der Waals surface area contributed by atoms with E-state index in [4.69, 9.17) is 14.9 Å². The van der Waals surface area contributed by atoms with Gasteiger partial charge in [0, 0.05) is 6.07 Å². The van der Waals surface area contributed by atoms with E-state index in [9.17, 15) is 4.79 Å². The SMILES string of the molecule is Nc1ccc(C(=O)Nc2ccccc2Oc2ccccc2)o1. The van der Waals surface area contributed by atoms with Crippen LogP contribution in [0.2, 0.25) is 0 Å². The van der Waals surface area contributed by atoms with E-state index in [1.807, 2.05) is 42.5 Å². The number of rotatable bonds is 4. The topological polar surface area (TPSA) is 77.5 Å². The molecule has 3 N–H and O–H groups in total. The summed E-state index contributed by atoms with van der Waals surface area (Å²) in [7, 11) is 0. The molecule has 3 rings (SSSR count). The number of anilines is 2. The fourth-order valence-corrected chi connectivity index (χ4v) is 1.93. The molecule has 22 heavy (non-hydrogen) atoms. The van der Waals surface area contributed by atoms with Gasteiger partial charge in [0.1, 0.15) is 5.75 Å². The van der Waals surface area contributed by atoms with Crippen molar-refractivity contribution in [2.75, 3.05) is 11.1 Å². The molecular weight excluding hydrogens is 280 g/mol. The lowest BCUT2D eigenvalue weighted by Gasteiger charge is -2.11. The molecule has 0 spiro atoms. The lowest BCUT2D eigenvalue weighted by molar-refractivity contribution is 0.0997. The first-order valence-electron chi connectivity index (χ1n) is 6.71. The molecule has 5 heteroatoms. The van der Waals surface area contributed by atoms with Gasteiger partial charge in [-0.05, 0) is 30.3 Å². The number of nitrogens with two attached hydrogens (primary N) is 1. The maximum Gasteiger partial charge on any atom is 0.291 e. The summed E-state index contributed by atoms with van der Waals surface area (Å²) in [6.45, 7) is 0. The highest BCUT2D eigenvalue weighted by molar-refractivity contribution is 6.03. The monoisotopic (exact) mass is 294 g/mol. The normalized spacial score (nSPS) is 10.2. The van der Waals surface area contributed by atoms with Crippen molar-refractivity contribution in [3.8, 4) is 11.5 Å². The van der Waals surface area contributed by atoms with E-state index in [1.165, 1.54) is 12.1 Å². The Bertz CT molecular complexity index is 781. The number of carbonyl (C=O) groups is 1. The second kappa shape index (κ2) is 6.05. The zero-order chi connectivity index (χ0) is 15.4. The number of para-hydroxylation sites is 3. The van der Waals surface area contributed by atoms with Crippen LogP contribution in [0.15, 0.2) is 71.1 Å². The average Bonchev–Trinajstić information content (AvgIpc) is 2.97. The van der Waals surface area contributed by atoms with Crippen molar-refractivity contribution in [2.24, 2.45) is 0 Å². The second-order valence-electron chi connectivity index (χ2n) is 4.57. The van der Waals surface area contributed by atoms with Crippen LogP contribution < -0.4 is 15.8 Å². The van der Waals surface area contributed by atoms with Crippen LogP contribution in [0, 0.1) is 0 Å². The summed E-state index contributed by atoms with van der Waals surface area (Å²) in [5, 5.41) is 2.75. The minimum absolute atomic E-state index is 0.145. The van der Waals surface area contributed by atoms with E-state index in [1.54, 1.807) is 12.1 Å². The van der Waals surface area contributed by atoms with Crippen molar-refractivity contribution in [3.05, 3.63) is 72.5 Å². The Kier molecular flexibility index (Phi) is 3.78. The third-order valence-corrected chi connectivity index (χ3v) is 2.96. The van der Waals surface area contributed by atoms with Gasteiger partial charge in [-0.25, -0.2) is 0 Å². The van der Waals surface area contributed by atoms with Crippen LogP contribution in [0.25, 0.3) is 0 Å². The highest BCUT2D eigenvalue weighted by Crippen LogP contribution is 2.29. The van der Waals surface area contributed by atoms with Gasteiger partial charge < -0.3 is 20.2 Å². The zero-order valence-electron chi connectivity index (χ0n) is 11.7. The van der Waals surface area contributed by atoms with Crippen molar-refractivity contribution in [3.63, 3.8) is 0 Å². The molecule has 1 aromatic heterocycles. The molecule has 1 heterocycles. The van der Waals surface area contributed by atoms with E-state index < -0.39 is 0 Å². The molecular formula is C17H14N2O3. The smallest absolute Gasteiger partial charge is 0.291 e. The van der Waals surface area contributed by atoms with Crippen molar-refractivity contribution in [1.29, 1.82) is 0 Å². The third-order valence-electron chi connectivity index (χ3n) is 2.96.